The van der Waals surface area contributed by atoms with Crippen LogP contribution in [0.3, 0.4) is 0 Å². The molecule has 0 saturated heterocycles. The molecule has 0 amide bonds. The lowest BCUT2D eigenvalue weighted by molar-refractivity contribution is -0.384. The van der Waals surface area contributed by atoms with Crippen LogP contribution in [0.15, 0.2) is 58.2 Å². The average Bonchev–Trinajstić information content (AvgIpc) is 3.36. The Morgan fingerprint density at radius 2 is 2.04 bits per heavy atom. The average molecular weight is 416 g/mol. The molecule has 10 nitrogen and oxygen atoms in total. The number of nitro groups is 1. The second kappa shape index (κ2) is 7.74. The summed E-state index contributed by atoms with van der Waals surface area (Å²) in [6.45, 7) is 0. The number of rotatable bonds is 6. The first-order chi connectivity index (χ1) is 13.6. The third-order valence-electron chi connectivity index (χ3n) is 3.62. The maximum atomic E-state index is 10.9. The molecular formula is C16H10ClN7O3S. The van der Waals surface area contributed by atoms with Gasteiger partial charge in [0.25, 0.3) is 5.69 Å². The summed E-state index contributed by atoms with van der Waals surface area (Å²) in [6.07, 6.45) is 0. The van der Waals surface area contributed by atoms with Gasteiger partial charge in [-0.1, -0.05) is 40.7 Å². The highest BCUT2D eigenvalue weighted by Gasteiger charge is 2.15. The molecule has 2 heterocycles. The van der Waals surface area contributed by atoms with Crippen molar-refractivity contribution in [2.45, 2.75) is 10.9 Å². The van der Waals surface area contributed by atoms with Crippen LogP contribution < -0.4 is 0 Å². The minimum atomic E-state index is -0.475. The van der Waals surface area contributed by atoms with E-state index in [1.54, 1.807) is 41.1 Å². The normalized spacial score (nSPS) is 10.9. The minimum absolute atomic E-state index is 0.0413. The molecule has 140 valence electrons. The van der Waals surface area contributed by atoms with E-state index in [0.29, 0.717) is 27.4 Å². The second-order valence-electron chi connectivity index (χ2n) is 5.46. The Balaban J connectivity index is 1.49. The van der Waals surface area contributed by atoms with Crippen molar-refractivity contribution in [1.82, 2.24) is 30.3 Å². The van der Waals surface area contributed by atoms with Crippen LogP contribution in [0, 0.1) is 10.1 Å². The van der Waals surface area contributed by atoms with E-state index >= 15 is 0 Å². The lowest BCUT2D eigenvalue weighted by Crippen LogP contribution is -1.98. The van der Waals surface area contributed by atoms with Crippen molar-refractivity contribution in [3.8, 4) is 17.1 Å². The molecule has 28 heavy (non-hydrogen) atoms. The van der Waals surface area contributed by atoms with Crippen LogP contribution >= 0.6 is 23.4 Å². The van der Waals surface area contributed by atoms with Crippen LogP contribution in [0.5, 0.6) is 0 Å². The van der Waals surface area contributed by atoms with Crippen LogP contribution in [-0.4, -0.2) is 35.3 Å². The fourth-order valence-electron chi connectivity index (χ4n) is 2.33. The molecule has 4 aromatic rings. The second-order valence-corrected chi connectivity index (χ2v) is 6.84. The van der Waals surface area contributed by atoms with Gasteiger partial charge in [-0.05, 0) is 34.7 Å². The third kappa shape index (κ3) is 3.85. The van der Waals surface area contributed by atoms with E-state index in [1.165, 1.54) is 23.9 Å². The number of hydrogen-bond acceptors (Lipinski definition) is 9. The van der Waals surface area contributed by atoms with Gasteiger partial charge in [0.1, 0.15) is 0 Å². The van der Waals surface area contributed by atoms with Crippen molar-refractivity contribution in [3.05, 3.63) is 69.6 Å². The maximum absolute atomic E-state index is 10.9. The van der Waals surface area contributed by atoms with E-state index in [4.69, 9.17) is 16.1 Å². The predicted octanol–water partition coefficient (Wildman–Crippen LogP) is 3.57. The van der Waals surface area contributed by atoms with E-state index in [1.807, 2.05) is 0 Å². The molecule has 0 aliphatic heterocycles. The van der Waals surface area contributed by atoms with Crippen LogP contribution in [-0.2, 0) is 5.75 Å². The fraction of sp³-hybridized carbons (Fsp3) is 0.0625. The summed E-state index contributed by atoms with van der Waals surface area (Å²) >= 11 is 7.21. The van der Waals surface area contributed by atoms with Gasteiger partial charge in [-0.25, -0.2) is 0 Å². The molecular weight excluding hydrogens is 406 g/mol. The predicted molar refractivity (Wildman–Crippen MR) is 100 cm³/mol. The maximum Gasteiger partial charge on any atom is 0.270 e. The smallest absolute Gasteiger partial charge is 0.270 e. The van der Waals surface area contributed by atoms with Crippen LogP contribution in [0.4, 0.5) is 5.69 Å². The number of tetrazole rings is 1. The first kappa shape index (κ1) is 18.1. The lowest BCUT2D eigenvalue weighted by Gasteiger charge is -2.02. The molecule has 12 heteroatoms. The van der Waals surface area contributed by atoms with Crippen molar-refractivity contribution in [1.29, 1.82) is 0 Å². The molecule has 0 N–H and O–H groups in total. The van der Waals surface area contributed by atoms with Crippen molar-refractivity contribution in [2.24, 2.45) is 0 Å². The van der Waals surface area contributed by atoms with E-state index < -0.39 is 4.92 Å². The summed E-state index contributed by atoms with van der Waals surface area (Å²) in [4.78, 5) is 14.7. The number of nitrogens with zero attached hydrogens (tertiary/aromatic N) is 7. The number of aromatic nitrogens is 6. The van der Waals surface area contributed by atoms with Gasteiger partial charge in [0.15, 0.2) is 0 Å². The van der Waals surface area contributed by atoms with Crippen LogP contribution in [0.2, 0.25) is 5.02 Å². The van der Waals surface area contributed by atoms with Crippen molar-refractivity contribution in [3.63, 3.8) is 0 Å². The molecule has 2 aromatic heterocycles. The molecule has 0 saturated carbocycles. The Hall–Kier alpha value is -3.31. The van der Waals surface area contributed by atoms with Gasteiger partial charge in [0.2, 0.25) is 16.9 Å². The van der Waals surface area contributed by atoms with E-state index in [-0.39, 0.29) is 11.5 Å². The number of benzene rings is 2. The molecule has 0 aliphatic rings. The lowest BCUT2D eigenvalue weighted by atomic mass is 10.2. The molecule has 0 bridgehead atoms. The molecule has 0 spiro atoms. The Morgan fingerprint density at radius 3 is 2.82 bits per heavy atom. The van der Waals surface area contributed by atoms with Crippen molar-refractivity contribution >= 4 is 29.1 Å². The van der Waals surface area contributed by atoms with Crippen LogP contribution in [0.1, 0.15) is 5.89 Å². The highest BCUT2D eigenvalue weighted by molar-refractivity contribution is 7.98. The third-order valence-corrected chi connectivity index (χ3v) is 4.78. The van der Waals surface area contributed by atoms with Gasteiger partial charge >= 0.3 is 0 Å². The molecule has 0 aliphatic carbocycles. The SMILES string of the molecule is O=[N+]([O-])c1cccc(-c2noc(CSc3nnnn3-c3ccc(Cl)cc3)n2)c1. The van der Waals surface area contributed by atoms with Gasteiger partial charge in [-0.3, -0.25) is 10.1 Å². The van der Waals surface area contributed by atoms with Crippen LogP contribution in [0.25, 0.3) is 17.1 Å². The zero-order valence-electron chi connectivity index (χ0n) is 14.0. The number of halogens is 1. The van der Waals surface area contributed by atoms with Gasteiger partial charge < -0.3 is 4.52 Å². The Labute approximate surface area is 166 Å². The summed E-state index contributed by atoms with van der Waals surface area (Å²) in [5, 5.41) is 27.6. The number of nitro benzene ring substituents is 1. The fourth-order valence-corrected chi connectivity index (χ4v) is 3.18. The summed E-state index contributed by atoms with van der Waals surface area (Å²) in [6, 6.07) is 13.1. The first-order valence-electron chi connectivity index (χ1n) is 7.85. The molecule has 0 unspecified atom stereocenters. The number of thioether (sulfide) groups is 1. The summed E-state index contributed by atoms with van der Waals surface area (Å²) in [7, 11) is 0. The Bertz CT molecular complexity index is 1130. The quantitative estimate of drug-likeness (QED) is 0.264. The zero-order chi connectivity index (χ0) is 19.5. The van der Waals surface area contributed by atoms with Crippen molar-refractivity contribution in [2.75, 3.05) is 0 Å². The standard InChI is InChI=1S/C16H10ClN7O3S/c17-11-4-6-12(7-5-11)23-16(19-21-22-23)28-9-14-18-15(20-27-14)10-2-1-3-13(8-10)24(25)26/h1-8H,9H2. The minimum Gasteiger partial charge on any atom is -0.338 e. The first-order valence-corrected chi connectivity index (χ1v) is 9.21. The van der Waals surface area contributed by atoms with Gasteiger partial charge in [0.05, 0.1) is 16.4 Å². The van der Waals surface area contributed by atoms with Crippen molar-refractivity contribution < 1.29 is 9.45 Å². The molecule has 0 fully saturated rings. The van der Waals surface area contributed by atoms with Gasteiger partial charge in [0, 0.05) is 22.7 Å². The van der Waals surface area contributed by atoms with E-state index in [2.05, 4.69) is 25.7 Å². The molecule has 0 atom stereocenters. The molecule has 2 aromatic carbocycles. The largest absolute Gasteiger partial charge is 0.338 e. The van der Waals surface area contributed by atoms with E-state index in [0.717, 1.165) is 5.69 Å². The highest BCUT2D eigenvalue weighted by Crippen LogP contribution is 2.25. The van der Waals surface area contributed by atoms with Gasteiger partial charge in [-0.2, -0.15) is 9.67 Å². The zero-order valence-corrected chi connectivity index (χ0v) is 15.5. The molecule has 0 radical (unpaired) electrons. The summed E-state index contributed by atoms with van der Waals surface area (Å²) < 4.78 is 6.80. The Kier molecular flexibility index (Phi) is 5.00. The number of hydrogen-bond donors (Lipinski definition) is 0. The molecule has 4 rings (SSSR count). The highest BCUT2D eigenvalue weighted by atomic mass is 35.5. The monoisotopic (exact) mass is 415 g/mol. The summed E-state index contributed by atoms with van der Waals surface area (Å²) in [5.41, 5.74) is 1.22. The summed E-state index contributed by atoms with van der Waals surface area (Å²) in [5.74, 6) is 0.948. The topological polar surface area (TPSA) is 126 Å². The van der Waals surface area contributed by atoms with E-state index in [9.17, 15) is 10.1 Å². The number of non-ortho nitro benzene ring substituents is 1. The Morgan fingerprint density at radius 1 is 1.21 bits per heavy atom. The van der Waals surface area contributed by atoms with Gasteiger partial charge in [-0.15, -0.1) is 5.10 Å².